The number of para-hydroxylation sites is 2. The zero-order valence-electron chi connectivity index (χ0n) is 15.6. The Morgan fingerprint density at radius 3 is 2.71 bits per heavy atom. The molecule has 0 saturated carbocycles. The van der Waals surface area contributed by atoms with Crippen LogP contribution in [0, 0.1) is 4.77 Å². The number of halogens is 1. The lowest BCUT2D eigenvalue weighted by molar-refractivity contribution is 0.217. The first-order valence-electron chi connectivity index (χ1n) is 9.03. The fourth-order valence-electron chi connectivity index (χ4n) is 3.41. The topological polar surface area (TPSA) is 58.9 Å². The lowest BCUT2D eigenvalue weighted by Crippen LogP contribution is -2.28. The van der Waals surface area contributed by atoms with Gasteiger partial charge in [0.15, 0.2) is 4.77 Å². The highest BCUT2D eigenvalue weighted by Crippen LogP contribution is 2.18. The molecule has 2 heterocycles. The number of benzene rings is 2. The number of aromatic nitrogens is 4. The largest absolute Gasteiger partial charge is 0.320 e. The highest BCUT2D eigenvalue weighted by molar-refractivity contribution is 7.71. The molecule has 0 bridgehead atoms. The van der Waals surface area contributed by atoms with Crippen molar-refractivity contribution < 1.29 is 0 Å². The molecular weight excluding hydrogens is 394 g/mol. The number of hydrogen-bond donors (Lipinski definition) is 1. The molecule has 2 aromatic carbocycles. The van der Waals surface area contributed by atoms with E-state index < -0.39 is 0 Å². The van der Waals surface area contributed by atoms with Crippen LogP contribution in [0.3, 0.4) is 0 Å². The molecule has 0 unspecified atom stereocenters. The van der Waals surface area contributed by atoms with E-state index in [1.165, 1.54) is 0 Å². The number of fused-ring (bicyclic) bond motifs is 2. The van der Waals surface area contributed by atoms with Gasteiger partial charge in [-0.25, -0.2) is 4.98 Å². The molecule has 144 valence electrons. The van der Waals surface area contributed by atoms with E-state index >= 15 is 0 Å². The summed E-state index contributed by atoms with van der Waals surface area (Å²) in [6.45, 7) is 3.96. The number of H-pyrrole nitrogens is 1. The third-order valence-corrected chi connectivity index (χ3v) is 5.66. The van der Waals surface area contributed by atoms with Crippen LogP contribution in [0.2, 0.25) is 5.02 Å². The van der Waals surface area contributed by atoms with E-state index in [9.17, 15) is 4.79 Å². The minimum Gasteiger partial charge on any atom is -0.320 e. The van der Waals surface area contributed by atoms with E-state index in [1.54, 1.807) is 18.2 Å². The van der Waals surface area contributed by atoms with Crippen LogP contribution in [0.15, 0.2) is 47.3 Å². The molecule has 0 radical (unpaired) electrons. The summed E-state index contributed by atoms with van der Waals surface area (Å²) < 4.78 is 4.87. The maximum Gasteiger partial charge on any atom is 0.258 e. The normalized spacial score (nSPS) is 11.7. The van der Waals surface area contributed by atoms with Gasteiger partial charge in [0, 0.05) is 12.1 Å². The van der Waals surface area contributed by atoms with Crippen molar-refractivity contribution in [2.24, 2.45) is 7.05 Å². The number of nitrogens with zero attached hydrogens (tertiary/aromatic N) is 4. The van der Waals surface area contributed by atoms with Crippen molar-refractivity contribution in [1.29, 1.82) is 0 Å². The Labute approximate surface area is 172 Å². The fraction of sp³-hybridized carbons (Fsp3) is 0.250. The summed E-state index contributed by atoms with van der Waals surface area (Å²) in [5.74, 6) is 0.605. The van der Waals surface area contributed by atoms with Gasteiger partial charge in [0.2, 0.25) is 0 Å². The molecule has 0 amide bonds. The second kappa shape index (κ2) is 7.50. The molecular formula is C20H20ClN5OS. The van der Waals surface area contributed by atoms with Gasteiger partial charge in [0.1, 0.15) is 5.82 Å². The zero-order valence-corrected chi connectivity index (χ0v) is 17.2. The summed E-state index contributed by atoms with van der Waals surface area (Å²) in [4.78, 5) is 22.0. The van der Waals surface area contributed by atoms with Crippen LogP contribution in [-0.2, 0) is 20.3 Å². The summed E-state index contributed by atoms with van der Waals surface area (Å²) >= 11 is 11.7. The SMILES string of the molecule is CCN(Cc1nc2cc(Cl)ccc2c(=O)[nH]1)Cn1c(=S)n(C)c2ccccc21. The quantitative estimate of drug-likeness (QED) is 0.501. The highest BCUT2D eigenvalue weighted by atomic mass is 35.5. The van der Waals surface area contributed by atoms with Crippen LogP contribution in [0.5, 0.6) is 0 Å². The van der Waals surface area contributed by atoms with Crippen molar-refractivity contribution in [2.45, 2.75) is 20.1 Å². The van der Waals surface area contributed by atoms with E-state index in [2.05, 4.69) is 38.5 Å². The predicted molar refractivity (Wildman–Crippen MR) is 115 cm³/mol. The summed E-state index contributed by atoms with van der Waals surface area (Å²) in [6.07, 6.45) is 0. The Bertz CT molecular complexity index is 1290. The van der Waals surface area contributed by atoms with Crippen LogP contribution in [0.1, 0.15) is 12.7 Å². The maximum atomic E-state index is 12.4. The Morgan fingerprint density at radius 1 is 1.21 bits per heavy atom. The molecule has 6 nitrogen and oxygen atoms in total. The van der Waals surface area contributed by atoms with E-state index in [-0.39, 0.29) is 5.56 Å². The molecule has 0 aliphatic carbocycles. The van der Waals surface area contributed by atoms with Gasteiger partial charge in [0.05, 0.1) is 35.1 Å². The van der Waals surface area contributed by atoms with Gasteiger partial charge in [0.25, 0.3) is 5.56 Å². The second-order valence-electron chi connectivity index (χ2n) is 6.72. The Kier molecular flexibility index (Phi) is 5.05. The lowest BCUT2D eigenvalue weighted by Gasteiger charge is -2.21. The van der Waals surface area contributed by atoms with Crippen LogP contribution >= 0.6 is 23.8 Å². The average Bonchev–Trinajstić information content (AvgIpc) is 2.92. The third kappa shape index (κ3) is 3.37. The first-order valence-corrected chi connectivity index (χ1v) is 9.81. The summed E-state index contributed by atoms with van der Waals surface area (Å²) in [6, 6.07) is 13.2. The van der Waals surface area contributed by atoms with Crippen LogP contribution in [-0.4, -0.2) is 30.5 Å². The van der Waals surface area contributed by atoms with Gasteiger partial charge in [-0.2, -0.15) is 0 Å². The van der Waals surface area contributed by atoms with Crippen LogP contribution in [0.4, 0.5) is 0 Å². The van der Waals surface area contributed by atoms with Crippen molar-refractivity contribution in [1.82, 2.24) is 24.0 Å². The maximum absolute atomic E-state index is 12.4. The molecule has 4 rings (SSSR count). The second-order valence-corrected chi connectivity index (χ2v) is 7.52. The van der Waals surface area contributed by atoms with Crippen molar-refractivity contribution in [3.8, 4) is 0 Å². The van der Waals surface area contributed by atoms with E-state index in [0.29, 0.717) is 35.0 Å². The first-order chi connectivity index (χ1) is 13.5. The molecule has 2 aromatic heterocycles. The van der Waals surface area contributed by atoms with Gasteiger partial charge < -0.3 is 14.1 Å². The van der Waals surface area contributed by atoms with Crippen molar-refractivity contribution in [2.75, 3.05) is 6.54 Å². The first kappa shape index (κ1) is 18.9. The molecule has 0 atom stereocenters. The average molecular weight is 414 g/mol. The molecule has 0 aliphatic rings. The number of aryl methyl sites for hydroxylation is 1. The molecule has 0 aliphatic heterocycles. The summed E-state index contributed by atoms with van der Waals surface area (Å²) in [5.41, 5.74) is 2.62. The number of nitrogens with one attached hydrogen (secondary N) is 1. The smallest absolute Gasteiger partial charge is 0.258 e. The van der Waals surface area contributed by atoms with Crippen LogP contribution < -0.4 is 5.56 Å². The molecule has 8 heteroatoms. The molecule has 0 spiro atoms. The predicted octanol–water partition coefficient (Wildman–Crippen LogP) is 4.08. The van der Waals surface area contributed by atoms with Crippen LogP contribution in [0.25, 0.3) is 21.9 Å². The Hall–Kier alpha value is -2.48. The number of hydrogen-bond acceptors (Lipinski definition) is 4. The zero-order chi connectivity index (χ0) is 19.8. The standard InChI is InChI=1S/C20H20ClN5OS/c1-3-25(12-26-17-7-5-4-6-16(17)24(2)20(26)28)11-18-22-15-10-13(21)8-9-14(15)19(27)23-18/h4-10H,3,11-12H2,1-2H3,(H,22,23,27). The van der Waals surface area contributed by atoms with Crippen molar-refractivity contribution >= 4 is 45.8 Å². The Morgan fingerprint density at radius 2 is 1.96 bits per heavy atom. The molecule has 4 aromatic rings. The van der Waals surface area contributed by atoms with Gasteiger partial charge in [-0.15, -0.1) is 0 Å². The van der Waals surface area contributed by atoms with E-state index in [4.69, 9.17) is 23.8 Å². The molecule has 28 heavy (non-hydrogen) atoms. The van der Waals surface area contributed by atoms with Gasteiger partial charge in [-0.3, -0.25) is 9.69 Å². The molecule has 0 saturated heterocycles. The Balaban J connectivity index is 1.68. The molecule has 0 fully saturated rings. The number of rotatable bonds is 5. The summed E-state index contributed by atoms with van der Waals surface area (Å²) in [5, 5.41) is 1.10. The van der Waals surface area contributed by atoms with Crippen molar-refractivity contribution in [3.05, 3.63) is 68.4 Å². The fourth-order valence-corrected chi connectivity index (χ4v) is 3.83. The number of aromatic amines is 1. The number of imidazole rings is 1. The highest BCUT2D eigenvalue weighted by Gasteiger charge is 2.13. The van der Waals surface area contributed by atoms with E-state index in [0.717, 1.165) is 22.3 Å². The third-order valence-electron chi connectivity index (χ3n) is 4.93. The minimum atomic E-state index is -0.158. The van der Waals surface area contributed by atoms with Gasteiger partial charge >= 0.3 is 0 Å². The molecule has 1 N–H and O–H groups in total. The monoisotopic (exact) mass is 413 g/mol. The summed E-state index contributed by atoms with van der Waals surface area (Å²) in [7, 11) is 1.98. The minimum absolute atomic E-state index is 0.158. The van der Waals surface area contributed by atoms with Crippen molar-refractivity contribution in [3.63, 3.8) is 0 Å². The lowest BCUT2D eigenvalue weighted by atomic mass is 10.2. The van der Waals surface area contributed by atoms with Gasteiger partial charge in [-0.1, -0.05) is 30.7 Å². The van der Waals surface area contributed by atoms with Gasteiger partial charge in [-0.05, 0) is 49.1 Å². The van der Waals surface area contributed by atoms with E-state index in [1.807, 2.05) is 23.7 Å².